The highest BCUT2D eigenvalue weighted by Gasteiger charge is 2.28. The molecule has 0 radical (unpaired) electrons. The number of carbonyl (C=O) groups excluding carboxylic acids is 1. The molecule has 0 heterocycles. The lowest BCUT2D eigenvalue weighted by Crippen LogP contribution is -2.32. The maximum atomic E-state index is 13.3. The standard InChI is InChI=1S/C14H16FNO/c1-10(11-6-7-11)16-14(17)9-8-12-4-2-3-5-13(12)15/h2-5,8-11H,6-7H2,1H3,(H,16,17)/b9-8+. The Bertz CT molecular complexity index is 438. The second kappa shape index (κ2) is 5.13. The number of hydrogen-bond acceptors (Lipinski definition) is 1. The van der Waals surface area contributed by atoms with Crippen molar-refractivity contribution in [3.05, 3.63) is 41.7 Å². The van der Waals surface area contributed by atoms with Crippen LogP contribution in [0, 0.1) is 11.7 Å². The number of halogens is 1. The second-order valence-corrected chi connectivity index (χ2v) is 4.49. The van der Waals surface area contributed by atoms with Gasteiger partial charge >= 0.3 is 0 Å². The monoisotopic (exact) mass is 233 g/mol. The van der Waals surface area contributed by atoms with E-state index < -0.39 is 0 Å². The SMILES string of the molecule is CC(NC(=O)/C=C/c1ccccc1F)C1CC1. The van der Waals surface area contributed by atoms with Crippen molar-refractivity contribution in [2.75, 3.05) is 0 Å². The summed E-state index contributed by atoms with van der Waals surface area (Å²) in [7, 11) is 0. The third kappa shape index (κ3) is 3.41. The normalized spacial score (nSPS) is 17.1. The van der Waals surface area contributed by atoms with Gasteiger partial charge in [-0.3, -0.25) is 4.79 Å². The van der Waals surface area contributed by atoms with Crippen molar-refractivity contribution >= 4 is 12.0 Å². The van der Waals surface area contributed by atoms with Crippen LogP contribution in [0.15, 0.2) is 30.3 Å². The molecule has 1 saturated carbocycles. The molecular formula is C14H16FNO. The number of amides is 1. The highest BCUT2D eigenvalue weighted by atomic mass is 19.1. The van der Waals surface area contributed by atoms with E-state index in [1.165, 1.54) is 31.1 Å². The fourth-order valence-electron chi connectivity index (χ4n) is 1.76. The van der Waals surface area contributed by atoms with E-state index in [1.54, 1.807) is 18.2 Å². The fraction of sp³-hybridized carbons (Fsp3) is 0.357. The zero-order valence-corrected chi connectivity index (χ0v) is 9.82. The van der Waals surface area contributed by atoms with Gasteiger partial charge in [-0.15, -0.1) is 0 Å². The van der Waals surface area contributed by atoms with Gasteiger partial charge in [-0.25, -0.2) is 4.39 Å². The minimum absolute atomic E-state index is 0.160. The predicted octanol–water partition coefficient (Wildman–Crippen LogP) is 2.75. The van der Waals surface area contributed by atoms with Crippen LogP contribution < -0.4 is 5.32 Å². The molecule has 0 aromatic heterocycles. The van der Waals surface area contributed by atoms with Crippen molar-refractivity contribution in [1.82, 2.24) is 5.32 Å². The molecule has 0 aliphatic heterocycles. The van der Waals surface area contributed by atoms with Crippen molar-refractivity contribution in [3.8, 4) is 0 Å². The van der Waals surface area contributed by atoms with Crippen LogP contribution in [-0.2, 0) is 4.79 Å². The number of hydrogen-bond donors (Lipinski definition) is 1. The smallest absolute Gasteiger partial charge is 0.244 e. The molecular weight excluding hydrogens is 217 g/mol. The summed E-state index contributed by atoms with van der Waals surface area (Å²) in [6.45, 7) is 2.01. The van der Waals surface area contributed by atoms with Gasteiger partial charge in [-0.1, -0.05) is 18.2 Å². The zero-order valence-electron chi connectivity index (χ0n) is 9.82. The largest absolute Gasteiger partial charge is 0.350 e. The van der Waals surface area contributed by atoms with Crippen LogP contribution in [0.1, 0.15) is 25.3 Å². The van der Waals surface area contributed by atoms with Crippen LogP contribution in [0.5, 0.6) is 0 Å². The zero-order chi connectivity index (χ0) is 12.3. The van der Waals surface area contributed by atoms with E-state index >= 15 is 0 Å². The van der Waals surface area contributed by atoms with E-state index in [0.29, 0.717) is 11.5 Å². The summed E-state index contributed by atoms with van der Waals surface area (Å²) >= 11 is 0. The highest BCUT2D eigenvalue weighted by molar-refractivity contribution is 5.91. The van der Waals surface area contributed by atoms with Gasteiger partial charge in [0, 0.05) is 17.7 Å². The van der Waals surface area contributed by atoms with E-state index in [-0.39, 0.29) is 17.8 Å². The average Bonchev–Trinajstić information content (AvgIpc) is 3.11. The van der Waals surface area contributed by atoms with Gasteiger partial charge in [-0.2, -0.15) is 0 Å². The van der Waals surface area contributed by atoms with Gasteiger partial charge in [0.15, 0.2) is 0 Å². The molecule has 0 spiro atoms. The Kier molecular flexibility index (Phi) is 3.57. The molecule has 1 aromatic carbocycles. The average molecular weight is 233 g/mol. The first-order valence-corrected chi connectivity index (χ1v) is 5.90. The molecule has 2 nitrogen and oxygen atoms in total. The van der Waals surface area contributed by atoms with E-state index in [1.807, 2.05) is 6.92 Å². The quantitative estimate of drug-likeness (QED) is 0.796. The lowest BCUT2D eigenvalue weighted by molar-refractivity contribution is -0.117. The summed E-state index contributed by atoms with van der Waals surface area (Å²) in [6.07, 6.45) is 5.28. The maximum Gasteiger partial charge on any atom is 0.244 e. The molecule has 1 aliphatic rings. The Morgan fingerprint density at radius 1 is 1.47 bits per heavy atom. The molecule has 2 rings (SSSR count). The first-order valence-electron chi connectivity index (χ1n) is 5.90. The first-order chi connectivity index (χ1) is 8.16. The Labute approximate surface area is 101 Å². The second-order valence-electron chi connectivity index (χ2n) is 4.49. The van der Waals surface area contributed by atoms with Gasteiger partial charge in [0.05, 0.1) is 0 Å². The fourth-order valence-corrected chi connectivity index (χ4v) is 1.76. The highest BCUT2D eigenvalue weighted by Crippen LogP contribution is 2.32. The van der Waals surface area contributed by atoms with E-state index in [2.05, 4.69) is 5.32 Å². The molecule has 1 aromatic rings. The van der Waals surface area contributed by atoms with E-state index in [4.69, 9.17) is 0 Å². The van der Waals surface area contributed by atoms with Crippen molar-refractivity contribution < 1.29 is 9.18 Å². The van der Waals surface area contributed by atoms with E-state index in [0.717, 1.165) is 0 Å². The maximum absolute atomic E-state index is 13.3. The van der Waals surface area contributed by atoms with Crippen molar-refractivity contribution in [1.29, 1.82) is 0 Å². The van der Waals surface area contributed by atoms with E-state index in [9.17, 15) is 9.18 Å². The van der Waals surface area contributed by atoms with Crippen LogP contribution >= 0.6 is 0 Å². The lowest BCUT2D eigenvalue weighted by Gasteiger charge is -2.10. The molecule has 1 aliphatic carbocycles. The van der Waals surface area contributed by atoms with Crippen molar-refractivity contribution in [3.63, 3.8) is 0 Å². The van der Waals surface area contributed by atoms with Gasteiger partial charge in [-0.05, 0) is 37.8 Å². The molecule has 1 unspecified atom stereocenters. The van der Waals surface area contributed by atoms with Gasteiger partial charge < -0.3 is 5.32 Å². The Hall–Kier alpha value is -1.64. The summed E-state index contributed by atoms with van der Waals surface area (Å²) in [5, 5.41) is 2.88. The summed E-state index contributed by atoms with van der Waals surface area (Å²) in [5.74, 6) is 0.153. The Morgan fingerprint density at radius 2 is 2.18 bits per heavy atom. The number of carbonyl (C=O) groups is 1. The molecule has 1 fully saturated rings. The van der Waals surface area contributed by atoms with Crippen LogP contribution in [0.4, 0.5) is 4.39 Å². The third-order valence-electron chi connectivity index (χ3n) is 3.02. The van der Waals surface area contributed by atoms with Gasteiger partial charge in [0.25, 0.3) is 0 Å². The summed E-state index contributed by atoms with van der Waals surface area (Å²) < 4.78 is 13.3. The van der Waals surface area contributed by atoms with Crippen LogP contribution in [0.2, 0.25) is 0 Å². The molecule has 90 valence electrons. The number of rotatable bonds is 4. The molecule has 17 heavy (non-hydrogen) atoms. The first kappa shape index (κ1) is 11.8. The molecule has 3 heteroatoms. The Balaban J connectivity index is 1.91. The molecule has 0 saturated heterocycles. The van der Waals surface area contributed by atoms with Gasteiger partial charge in [0.2, 0.25) is 5.91 Å². The van der Waals surface area contributed by atoms with Crippen LogP contribution in [-0.4, -0.2) is 11.9 Å². The Morgan fingerprint density at radius 3 is 2.82 bits per heavy atom. The third-order valence-corrected chi connectivity index (χ3v) is 3.02. The minimum Gasteiger partial charge on any atom is -0.350 e. The molecule has 1 N–H and O–H groups in total. The molecule has 0 bridgehead atoms. The van der Waals surface area contributed by atoms with Crippen molar-refractivity contribution in [2.24, 2.45) is 5.92 Å². The summed E-state index contributed by atoms with van der Waals surface area (Å²) in [4.78, 5) is 11.5. The summed E-state index contributed by atoms with van der Waals surface area (Å²) in [6, 6.07) is 6.61. The molecule has 1 amide bonds. The lowest BCUT2D eigenvalue weighted by atomic mass is 10.2. The van der Waals surface area contributed by atoms with Crippen molar-refractivity contribution in [2.45, 2.75) is 25.8 Å². The van der Waals surface area contributed by atoms with Gasteiger partial charge in [0.1, 0.15) is 5.82 Å². The number of nitrogens with one attached hydrogen (secondary N) is 1. The summed E-state index contributed by atoms with van der Waals surface area (Å²) in [5.41, 5.74) is 0.432. The predicted molar refractivity (Wildman–Crippen MR) is 65.8 cm³/mol. The van der Waals surface area contributed by atoms with Crippen LogP contribution in [0.25, 0.3) is 6.08 Å². The number of benzene rings is 1. The van der Waals surface area contributed by atoms with Crippen LogP contribution in [0.3, 0.4) is 0 Å². The topological polar surface area (TPSA) is 29.1 Å². The molecule has 1 atom stereocenters. The minimum atomic E-state index is -0.313.